The standard InChI is InChI=1S/C18H24N4O3/c1-13-21-15(11-17(22-13)19-9-6-10-24-2)18(23)20-12-14-7-4-5-8-16(14)25-3/h4-5,7-8,11H,6,9-10,12H2,1-3H3,(H,20,23)(H,19,21,22). The van der Waals surface area contributed by atoms with Crippen LogP contribution in [0, 0.1) is 6.92 Å². The van der Waals surface area contributed by atoms with Gasteiger partial charge in [0.05, 0.1) is 7.11 Å². The molecule has 0 unspecified atom stereocenters. The number of hydrogen-bond acceptors (Lipinski definition) is 6. The Kier molecular flexibility index (Phi) is 7.16. The number of aromatic nitrogens is 2. The summed E-state index contributed by atoms with van der Waals surface area (Å²) in [5, 5.41) is 6.04. The first-order valence-corrected chi connectivity index (χ1v) is 8.12. The maximum atomic E-state index is 12.4. The number of para-hydroxylation sites is 1. The molecule has 0 fully saturated rings. The Morgan fingerprint density at radius 2 is 2.00 bits per heavy atom. The van der Waals surface area contributed by atoms with Crippen molar-refractivity contribution in [3.63, 3.8) is 0 Å². The van der Waals surface area contributed by atoms with Crippen LogP contribution >= 0.6 is 0 Å². The fourth-order valence-electron chi connectivity index (χ4n) is 2.32. The van der Waals surface area contributed by atoms with Crippen LogP contribution in [0.1, 0.15) is 28.3 Å². The van der Waals surface area contributed by atoms with Crippen molar-refractivity contribution >= 4 is 11.7 Å². The largest absolute Gasteiger partial charge is 0.496 e. The number of nitrogens with zero attached hydrogens (tertiary/aromatic N) is 2. The highest BCUT2D eigenvalue weighted by Gasteiger charge is 2.11. The predicted molar refractivity (Wildman–Crippen MR) is 95.9 cm³/mol. The number of benzene rings is 1. The molecule has 0 aliphatic rings. The molecule has 2 rings (SSSR count). The molecule has 1 amide bonds. The minimum atomic E-state index is -0.253. The Balaban J connectivity index is 1.99. The Bertz CT molecular complexity index is 706. The van der Waals surface area contributed by atoms with Gasteiger partial charge in [0.1, 0.15) is 23.1 Å². The van der Waals surface area contributed by atoms with E-state index in [1.807, 2.05) is 24.3 Å². The van der Waals surface area contributed by atoms with E-state index in [-0.39, 0.29) is 5.91 Å². The number of carbonyl (C=O) groups is 1. The van der Waals surface area contributed by atoms with Crippen molar-refractivity contribution in [1.29, 1.82) is 0 Å². The third-order valence-electron chi connectivity index (χ3n) is 3.53. The number of aryl methyl sites for hydroxylation is 1. The van der Waals surface area contributed by atoms with Gasteiger partial charge in [-0.05, 0) is 19.4 Å². The molecule has 0 bridgehead atoms. The van der Waals surface area contributed by atoms with Gasteiger partial charge in [-0.3, -0.25) is 4.79 Å². The summed E-state index contributed by atoms with van der Waals surface area (Å²) in [4.78, 5) is 20.9. The van der Waals surface area contributed by atoms with Crippen molar-refractivity contribution in [2.45, 2.75) is 19.9 Å². The van der Waals surface area contributed by atoms with Gasteiger partial charge in [0.25, 0.3) is 5.91 Å². The van der Waals surface area contributed by atoms with Crippen molar-refractivity contribution < 1.29 is 14.3 Å². The summed E-state index contributed by atoms with van der Waals surface area (Å²) in [6.45, 7) is 3.51. The highest BCUT2D eigenvalue weighted by Crippen LogP contribution is 2.17. The van der Waals surface area contributed by atoms with Crippen LogP contribution in [0.4, 0.5) is 5.82 Å². The van der Waals surface area contributed by atoms with Gasteiger partial charge in [-0.25, -0.2) is 9.97 Å². The van der Waals surface area contributed by atoms with Gasteiger partial charge in [-0.1, -0.05) is 18.2 Å². The zero-order valence-electron chi connectivity index (χ0n) is 14.8. The van der Waals surface area contributed by atoms with E-state index in [1.165, 1.54) is 0 Å². The van der Waals surface area contributed by atoms with E-state index in [4.69, 9.17) is 9.47 Å². The topological polar surface area (TPSA) is 85.4 Å². The van der Waals surface area contributed by atoms with Crippen LogP contribution in [0.5, 0.6) is 5.75 Å². The highest BCUT2D eigenvalue weighted by atomic mass is 16.5. The molecule has 0 spiro atoms. The molecule has 0 saturated heterocycles. The minimum absolute atomic E-state index is 0.253. The zero-order chi connectivity index (χ0) is 18.1. The molecule has 7 heteroatoms. The molecule has 0 saturated carbocycles. The van der Waals surface area contributed by atoms with E-state index in [1.54, 1.807) is 27.2 Å². The lowest BCUT2D eigenvalue weighted by Crippen LogP contribution is -2.24. The first-order valence-electron chi connectivity index (χ1n) is 8.12. The molecule has 0 aliphatic heterocycles. The second-order valence-corrected chi connectivity index (χ2v) is 5.45. The molecule has 1 heterocycles. The van der Waals surface area contributed by atoms with Gasteiger partial charge < -0.3 is 20.1 Å². The summed E-state index contributed by atoms with van der Waals surface area (Å²) in [6, 6.07) is 9.21. The molecule has 2 N–H and O–H groups in total. The number of carbonyl (C=O) groups excluding carboxylic acids is 1. The molecule has 0 aliphatic carbocycles. The number of rotatable bonds is 9. The van der Waals surface area contributed by atoms with Gasteiger partial charge in [0.2, 0.25) is 0 Å². The second-order valence-electron chi connectivity index (χ2n) is 5.45. The number of methoxy groups -OCH3 is 2. The quantitative estimate of drug-likeness (QED) is 0.678. The maximum Gasteiger partial charge on any atom is 0.270 e. The third kappa shape index (κ3) is 5.72. The van der Waals surface area contributed by atoms with Gasteiger partial charge in [-0.2, -0.15) is 0 Å². The fraction of sp³-hybridized carbons (Fsp3) is 0.389. The highest BCUT2D eigenvalue weighted by molar-refractivity contribution is 5.92. The summed E-state index contributed by atoms with van der Waals surface area (Å²) >= 11 is 0. The average Bonchev–Trinajstić information content (AvgIpc) is 2.63. The molecule has 134 valence electrons. The number of hydrogen-bond donors (Lipinski definition) is 2. The lowest BCUT2D eigenvalue weighted by molar-refractivity contribution is 0.0945. The van der Waals surface area contributed by atoms with Gasteiger partial charge in [0, 0.05) is 38.4 Å². The Morgan fingerprint density at radius 3 is 2.76 bits per heavy atom. The fourth-order valence-corrected chi connectivity index (χ4v) is 2.32. The normalized spacial score (nSPS) is 10.4. The summed E-state index contributed by atoms with van der Waals surface area (Å²) in [7, 11) is 3.27. The van der Waals surface area contributed by atoms with Crippen molar-refractivity contribution in [2.75, 3.05) is 32.7 Å². The van der Waals surface area contributed by atoms with Crippen LogP contribution in [-0.4, -0.2) is 43.2 Å². The summed E-state index contributed by atoms with van der Waals surface area (Å²) in [6.07, 6.45) is 0.856. The van der Waals surface area contributed by atoms with Crippen LogP contribution in [0.25, 0.3) is 0 Å². The first-order chi connectivity index (χ1) is 12.1. The number of amides is 1. The summed E-state index contributed by atoms with van der Waals surface area (Å²) in [5.41, 5.74) is 1.23. The maximum absolute atomic E-state index is 12.4. The lowest BCUT2D eigenvalue weighted by atomic mass is 10.2. The monoisotopic (exact) mass is 344 g/mol. The number of anilines is 1. The predicted octanol–water partition coefficient (Wildman–Crippen LogP) is 2.17. The average molecular weight is 344 g/mol. The van der Waals surface area contributed by atoms with Crippen LogP contribution in [0.15, 0.2) is 30.3 Å². The van der Waals surface area contributed by atoms with Crippen molar-refractivity contribution in [2.24, 2.45) is 0 Å². The minimum Gasteiger partial charge on any atom is -0.496 e. The molecule has 1 aromatic heterocycles. The smallest absolute Gasteiger partial charge is 0.270 e. The third-order valence-corrected chi connectivity index (χ3v) is 3.53. The van der Waals surface area contributed by atoms with Crippen LogP contribution in [0.3, 0.4) is 0 Å². The molecule has 2 aromatic rings. The number of nitrogens with one attached hydrogen (secondary N) is 2. The molecule has 0 radical (unpaired) electrons. The van der Waals surface area contributed by atoms with E-state index in [9.17, 15) is 4.79 Å². The second kappa shape index (κ2) is 9.58. The van der Waals surface area contributed by atoms with Crippen molar-refractivity contribution in [1.82, 2.24) is 15.3 Å². The van der Waals surface area contributed by atoms with Gasteiger partial charge in [0.15, 0.2) is 0 Å². The SMILES string of the molecule is COCCCNc1cc(C(=O)NCc2ccccc2OC)nc(C)n1. The molecular formula is C18H24N4O3. The van der Waals surface area contributed by atoms with Crippen molar-refractivity contribution in [3.8, 4) is 5.75 Å². The first kappa shape index (κ1) is 18.7. The Morgan fingerprint density at radius 1 is 1.20 bits per heavy atom. The van der Waals surface area contributed by atoms with E-state index in [0.29, 0.717) is 37.0 Å². The van der Waals surface area contributed by atoms with E-state index >= 15 is 0 Å². The molecule has 0 atom stereocenters. The molecule has 7 nitrogen and oxygen atoms in total. The molecule has 1 aromatic carbocycles. The zero-order valence-corrected chi connectivity index (χ0v) is 14.8. The Labute approximate surface area is 147 Å². The van der Waals surface area contributed by atoms with Crippen LogP contribution < -0.4 is 15.4 Å². The van der Waals surface area contributed by atoms with Crippen LogP contribution in [0.2, 0.25) is 0 Å². The van der Waals surface area contributed by atoms with E-state index in [0.717, 1.165) is 17.7 Å². The van der Waals surface area contributed by atoms with E-state index < -0.39 is 0 Å². The number of ether oxygens (including phenoxy) is 2. The van der Waals surface area contributed by atoms with Gasteiger partial charge in [-0.15, -0.1) is 0 Å². The molecular weight excluding hydrogens is 320 g/mol. The van der Waals surface area contributed by atoms with Crippen LogP contribution in [-0.2, 0) is 11.3 Å². The molecule has 25 heavy (non-hydrogen) atoms. The van der Waals surface area contributed by atoms with Crippen molar-refractivity contribution in [3.05, 3.63) is 47.4 Å². The lowest BCUT2D eigenvalue weighted by Gasteiger charge is -2.11. The van der Waals surface area contributed by atoms with Gasteiger partial charge >= 0.3 is 0 Å². The summed E-state index contributed by atoms with van der Waals surface area (Å²) < 4.78 is 10.3. The Hall–Kier alpha value is -2.67. The van der Waals surface area contributed by atoms with E-state index in [2.05, 4.69) is 20.6 Å². The summed E-state index contributed by atoms with van der Waals surface area (Å²) in [5.74, 6) is 1.66.